The van der Waals surface area contributed by atoms with E-state index in [1.54, 1.807) is 20.1 Å². The van der Waals surface area contributed by atoms with Crippen LogP contribution in [0.4, 0.5) is 0 Å². The maximum absolute atomic E-state index is 12.8. The van der Waals surface area contributed by atoms with E-state index < -0.39 is 0 Å². The minimum Gasteiger partial charge on any atom is -0.496 e. The Balaban J connectivity index is 1.41. The lowest BCUT2D eigenvalue weighted by Crippen LogP contribution is -2.48. The maximum Gasteiger partial charge on any atom is 0.289 e. The topological polar surface area (TPSA) is 63.0 Å². The van der Waals surface area contributed by atoms with Gasteiger partial charge in [0.1, 0.15) is 11.3 Å². The van der Waals surface area contributed by atoms with Crippen molar-refractivity contribution in [2.24, 2.45) is 0 Å². The number of ether oxygens (including phenoxy) is 1. The Morgan fingerprint density at radius 1 is 1.03 bits per heavy atom. The molecule has 2 aromatic carbocycles. The number of ketones is 1. The molecule has 0 aliphatic carbocycles. The number of fused-ring (bicyclic) bond motifs is 1. The molecular formula is C23H24N2O4. The molecule has 4 rings (SSSR count). The average Bonchev–Trinajstić information content (AvgIpc) is 3.18. The van der Waals surface area contributed by atoms with Gasteiger partial charge in [-0.1, -0.05) is 18.2 Å². The Kier molecular flexibility index (Phi) is 5.36. The minimum atomic E-state index is -0.0722. The molecule has 0 atom stereocenters. The van der Waals surface area contributed by atoms with Crippen LogP contribution >= 0.6 is 0 Å². The highest BCUT2D eigenvalue weighted by Crippen LogP contribution is 2.24. The number of benzene rings is 2. The van der Waals surface area contributed by atoms with Gasteiger partial charge in [-0.15, -0.1) is 0 Å². The molecule has 0 saturated carbocycles. The molecule has 1 aliphatic heterocycles. The number of carbonyl (C=O) groups excluding carboxylic acids is 2. The van der Waals surface area contributed by atoms with E-state index in [0.29, 0.717) is 31.0 Å². The van der Waals surface area contributed by atoms with Crippen LogP contribution in [-0.2, 0) is 6.54 Å². The van der Waals surface area contributed by atoms with Gasteiger partial charge in [-0.05, 0) is 37.3 Å². The molecule has 0 N–H and O–H groups in total. The Morgan fingerprint density at radius 2 is 1.79 bits per heavy atom. The van der Waals surface area contributed by atoms with Crippen LogP contribution in [0, 0.1) is 0 Å². The zero-order chi connectivity index (χ0) is 20.4. The molecule has 29 heavy (non-hydrogen) atoms. The van der Waals surface area contributed by atoms with Crippen LogP contribution in [0.2, 0.25) is 0 Å². The quantitative estimate of drug-likeness (QED) is 0.621. The Morgan fingerprint density at radius 3 is 2.48 bits per heavy atom. The van der Waals surface area contributed by atoms with Gasteiger partial charge >= 0.3 is 0 Å². The number of piperazine rings is 1. The first-order chi connectivity index (χ1) is 14.0. The summed E-state index contributed by atoms with van der Waals surface area (Å²) >= 11 is 0. The molecular weight excluding hydrogens is 368 g/mol. The molecule has 6 nitrogen and oxygen atoms in total. The molecule has 150 valence electrons. The predicted molar refractivity (Wildman–Crippen MR) is 110 cm³/mol. The fraction of sp³-hybridized carbons (Fsp3) is 0.304. The van der Waals surface area contributed by atoms with Crippen LogP contribution in [-0.4, -0.2) is 54.8 Å². The summed E-state index contributed by atoms with van der Waals surface area (Å²) in [5.74, 6) is 1.12. The van der Waals surface area contributed by atoms with Gasteiger partial charge in [0.05, 0.1) is 7.11 Å². The van der Waals surface area contributed by atoms with Crippen LogP contribution in [0.1, 0.15) is 33.4 Å². The molecule has 1 aliphatic rings. The molecule has 2 heterocycles. The second-order valence-corrected chi connectivity index (χ2v) is 7.30. The first kappa shape index (κ1) is 19.2. The smallest absolute Gasteiger partial charge is 0.289 e. The van der Waals surface area contributed by atoms with Gasteiger partial charge in [-0.2, -0.15) is 0 Å². The first-order valence-corrected chi connectivity index (χ1v) is 9.73. The van der Waals surface area contributed by atoms with E-state index >= 15 is 0 Å². The molecule has 0 spiro atoms. The zero-order valence-electron chi connectivity index (χ0n) is 16.7. The van der Waals surface area contributed by atoms with Crippen molar-refractivity contribution < 1.29 is 18.7 Å². The van der Waals surface area contributed by atoms with Crippen molar-refractivity contribution >= 4 is 22.7 Å². The van der Waals surface area contributed by atoms with Crippen LogP contribution in [0.15, 0.2) is 52.9 Å². The van der Waals surface area contributed by atoms with E-state index in [-0.39, 0.29) is 11.7 Å². The SMILES string of the molecule is COc1ccc(C(C)=O)cc1CN1CCN(C(=O)c2cc3ccccc3o2)CC1. The lowest BCUT2D eigenvalue weighted by Gasteiger charge is -2.34. The van der Waals surface area contributed by atoms with Crippen molar-refractivity contribution in [3.8, 4) is 5.75 Å². The third-order valence-corrected chi connectivity index (χ3v) is 5.38. The van der Waals surface area contributed by atoms with Crippen LogP contribution in [0.25, 0.3) is 11.0 Å². The van der Waals surface area contributed by atoms with Crippen molar-refractivity contribution in [1.82, 2.24) is 9.80 Å². The number of methoxy groups -OCH3 is 1. The monoisotopic (exact) mass is 392 g/mol. The summed E-state index contributed by atoms with van der Waals surface area (Å²) in [6, 6.07) is 15.0. The largest absolute Gasteiger partial charge is 0.496 e. The highest BCUT2D eigenvalue weighted by Gasteiger charge is 2.25. The normalized spacial score (nSPS) is 14.9. The number of amides is 1. The average molecular weight is 392 g/mol. The van der Waals surface area contributed by atoms with Gasteiger partial charge in [0.25, 0.3) is 5.91 Å². The van der Waals surface area contributed by atoms with E-state index in [2.05, 4.69) is 4.90 Å². The molecule has 1 saturated heterocycles. The molecule has 0 unspecified atom stereocenters. The highest BCUT2D eigenvalue weighted by molar-refractivity contribution is 5.96. The highest BCUT2D eigenvalue weighted by atomic mass is 16.5. The lowest BCUT2D eigenvalue weighted by molar-refractivity contribution is 0.0599. The van der Waals surface area contributed by atoms with Crippen molar-refractivity contribution in [1.29, 1.82) is 0 Å². The zero-order valence-corrected chi connectivity index (χ0v) is 16.7. The minimum absolute atomic E-state index is 0.0372. The summed E-state index contributed by atoms with van der Waals surface area (Å²) in [7, 11) is 1.64. The molecule has 1 amide bonds. The Labute approximate surface area is 169 Å². The molecule has 6 heteroatoms. The predicted octanol–water partition coefficient (Wildman–Crippen LogP) is 3.60. The summed E-state index contributed by atoms with van der Waals surface area (Å²) < 4.78 is 11.2. The second kappa shape index (κ2) is 8.09. The van der Waals surface area contributed by atoms with Crippen molar-refractivity contribution in [3.05, 3.63) is 65.4 Å². The number of para-hydroxylation sites is 1. The van der Waals surface area contributed by atoms with Crippen LogP contribution in [0.5, 0.6) is 5.75 Å². The van der Waals surface area contributed by atoms with Crippen molar-refractivity contribution in [2.75, 3.05) is 33.3 Å². The standard InChI is InChI=1S/C23H24N2O4/c1-16(26)17-7-8-20(28-2)19(13-17)15-24-9-11-25(12-10-24)23(27)22-14-18-5-3-4-6-21(18)29-22/h3-8,13-14H,9-12,15H2,1-2H3. The van der Waals surface area contributed by atoms with E-state index in [4.69, 9.17) is 9.15 Å². The summed E-state index contributed by atoms with van der Waals surface area (Å²) in [6.45, 7) is 5.00. The first-order valence-electron chi connectivity index (χ1n) is 9.73. The maximum atomic E-state index is 12.8. The molecule has 3 aromatic rings. The summed E-state index contributed by atoms with van der Waals surface area (Å²) in [4.78, 5) is 28.6. The number of rotatable bonds is 5. The molecule has 0 bridgehead atoms. The molecule has 1 aromatic heterocycles. The summed E-state index contributed by atoms with van der Waals surface area (Å²) in [5, 5.41) is 0.937. The van der Waals surface area contributed by atoms with Gasteiger partial charge in [0, 0.05) is 49.2 Å². The van der Waals surface area contributed by atoms with Crippen molar-refractivity contribution in [3.63, 3.8) is 0 Å². The van der Waals surface area contributed by atoms with Gasteiger partial charge in [-0.3, -0.25) is 14.5 Å². The third kappa shape index (κ3) is 4.03. The molecule has 0 radical (unpaired) electrons. The van der Waals surface area contributed by atoms with E-state index in [0.717, 1.165) is 35.4 Å². The van der Waals surface area contributed by atoms with E-state index in [1.807, 2.05) is 47.4 Å². The number of hydrogen-bond acceptors (Lipinski definition) is 5. The number of hydrogen-bond donors (Lipinski definition) is 0. The second-order valence-electron chi connectivity index (χ2n) is 7.30. The number of Topliss-reactive ketones (excluding diaryl/α,β-unsaturated/α-hetero) is 1. The van der Waals surface area contributed by atoms with Gasteiger partial charge in [0.2, 0.25) is 0 Å². The van der Waals surface area contributed by atoms with E-state index in [9.17, 15) is 9.59 Å². The number of nitrogens with zero attached hydrogens (tertiary/aromatic N) is 2. The van der Waals surface area contributed by atoms with Gasteiger partial charge in [-0.25, -0.2) is 0 Å². The van der Waals surface area contributed by atoms with Gasteiger partial charge < -0.3 is 14.1 Å². The number of carbonyl (C=O) groups is 2. The summed E-state index contributed by atoms with van der Waals surface area (Å²) in [5.41, 5.74) is 2.39. The number of furan rings is 1. The Hall–Kier alpha value is -3.12. The fourth-order valence-electron chi connectivity index (χ4n) is 3.71. The van der Waals surface area contributed by atoms with Crippen LogP contribution in [0.3, 0.4) is 0 Å². The molecule has 1 fully saturated rings. The Bertz CT molecular complexity index is 1010. The lowest BCUT2D eigenvalue weighted by atomic mass is 10.1. The summed E-state index contributed by atoms with van der Waals surface area (Å²) in [6.07, 6.45) is 0. The van der Waals surface area contributed by atoms with Crippen molar-refractivity contribution in [2.45, 2.75) is 13.5 Å². The van der Waals surface area contributed by atoms with Gasteiger partial charge in [0.15, 0.2) is 11.5 Å². The third-order valence-electron chi connectivity index (χ3n) is 5.38. The van der Waals surface area contributed by atoms with Crippen LogP contribution < -0.4 is 4.74 Å². The van der Waals surface area contributed by atoms with E-state index in [1.165, 1.54) is 0 Å². The fourth-order valence-corrected chi connectivity index (χ4v) is 3.71.